The second kappa shape index (κ2) is 5.23. The number of rotatable bonds is 2. The van der Waals surface area contributed by atoms with Crippen LogP contribution in [-0.2, 0) is 4.79 Å². The third kappa shape index (κ3) is 2.50. The Hall–Kier alpha value is -2.62. The second-order valence-corrected chi connectivity index (χ2v) is 6.39. The average molecular weight is 305 g/mol. The first-order chi connectivity index (χ1) is 11.1. The maximum absolute atomic E-state index is 12.4. The van der Waals surface area contributed by atoms with Gasteiger partial charge in [0.05, 0.1) is 11.0 Å². The Morgan fingerprint density at radius 1 is 1.13 bits per heavy atom. The average Bonchev–Trinajstić information content (AvgIpc) is 3.10. The maximum atomic E-state index is 12.4. The van der Waals surface area contributed by atoms with Gasteiger partial charge in [-0.15, -0.1) is 0 Å². The van der Waals surface area contributed by atoms with Crippen molar-refractivity contribution in [2.45, 2.75) is 26.2 Å². The minimum absolute atomic E-state index is 0.121. The second-order valence-electron chi connectivity index (χ2n) is 6.39. The summed E-state index contributed by atoms with van der Waals surface area (Å²) in [5, 5.41) is 0. The van der Waals surface area contributed by atoms with Crippen LogP contribution in [0.1, 0.15) is 29.3 Å². The minimum atomic E-state index is 0.121. The SMILES string of the molecule is Cc1cccc(N2C[C@@H](c3nc4ccc(C)cc4[nH]3)CC2=O)c1. The summed E-state index contributed by atoms with van der Waals surface area (Å²) in [4.78, 5) is 22.4. The summed E-state index contributed by atoms with van der Waals surface area (Å²) in [6.07, 6.45) is 0.507. The number of hydrogen-bond acceptors (Lipinski definition) is 2. The fourth-order valence-electron chi connectivity index (χ4n) is 3.27. The van der Waals surface area contributed by atoms with Gasteiger partial charge in [0.2, 0.25) is 5.91 Å². The van der Waals surface area contributed by atoms with E-state index in [-0.39, 0.29) is 11.8 Å². The Kier molecular flexibility index (Phi) is 3.18. The topological polar surface area (TPSA) is 49.0 Å². The van der Waals surface area contributed by atoms with Crippen LogP contribution in [0.2, 0.25) is 0 Å². The monoisotopic (exact) mass is 305 g/mol. The molecule has 0 spiro atoms. The van der Waals surface area contributed by atoms with Crippen molar-refractivity contribution in [1.29, 1.82) is 0 Å². The number of hydrogen-bond donors (Lipinski definition) is 1. The summed E-state index contributed by atoms with van der Waals surface area (Å²) < 4.78 is 0. The first-order valence-corrected chi connectivity index (χ1v) is 7.93. The van der Waals surface area contributed by atoms with E-state index in [1.165, 1.54) is 5.56 Å². The Morgan fingerprint density at radius 2 is 1.96 bits per heavy atom. The van der Waals surface area contributed by atoms with Crippen LogP contribution < -0.4 is 4.90 Å². The molecule has 4 nitrogen and oxygen atoms in total. The molecule has 0 unspecified atom stereocenters. The number of nitrogens with one attached hydrogen (secondary N) is 1. The van der Waals surface area contributed by atoms with Crippen molar-refractivity contribution in [3.05, 3.63) is 59.4 Å². The van der Waals surface area contributed by atoms with Gasteiger partial charge >= 0.3 is 0 Å². The van der Waals surface area contributed by atoms with Crippen molar-refractivity contribution >= 4 is 22.6 Å². The molecule has 0 saturated carbocycles. The smallest absolute Gasteiger partial charge is 0.227 e. The molecule has 2 heterocycles. The number of carbonyl (C=O) groups excluding carboxylic acids is 1. The highest BCUT2D eigenvalue weighted by molar-refractivity contribution is 5.96. The number of aromatic nitrogens is 2. The van der Waals surface area contributed by atoms with Crippen LogP contribution in [0.15, 0.2) is 42.5 Å². The lowest BCUT2D eigenvalue weighted by atomic mass is 10.1. The largest absolute Gasteiger partial charge is 0.342 e. The Balaban J connectivity index is 1.64. The molecule has 1 aromatic heterocycles. The van der Waals surface area contributed by atoms with E-state index in [1.54, 1.807) is 0 Å². The molecule has 1 aliphatic heterocycles. The third-order valence-corrected chi connectivity index (χ3v) is 4.48. The van der Waals surface area contributed by atoms with Gasteiger partial charge in [0.25, 0.3) is 0 Å². The predicted molar refractivity (Wildman–Crippen MR) is 91.7 cm³/mol. The molecule has 1 saturated heterocycles. The van der Waals surface area contributed by atoms with E-state index in [0.29, 0.717) is 13.0 Å². The molecule has 116 valence electrons. The molecule has 1 fully saturated rings. The van der Waals surface area contributed by atoms with E-state index >= 15 is 0 Å². The van der Waals surface area contributed by atoms with E-state index < -0.39 is 0 Å². The van der Waals surface area contributed by atoms with E-state index in [1.807, 2.05) is 36.1 Å². The number of aryl methyl sites for hydroxylation is 2. The lowest BCUT2D eigenvalue weighted by Gasteiger charge is -2.16. The number of anilines is 1. The van der Waals surface area contributed by atoms with Crippen LogP contribution in [0.25, 0.3) is 11.0 Å². The van der Waals surface area contributed by atoms with Crippen LogP contribution in [0, 0.1) is 13.8 Å². The number of carbonyl (C=O) groups is 1. The predicted octanol–water partition coefficient (Wildman–Crippen LogP) is 3.70. The number of benzene rings is 2. The number of nitrogens with zero attached hydrogens (tertiary/aromatic N) is 2. The van der Waals surface area contributed by atoms with Crippen LogP contribution in [-0.4, -0.2) is 22.4 Å². The first-order valence-electron chi connectivity index (χ1n) is 7.93. The molecule has 1 amide bonds. The van der Waals surface area contributed by atoms with Crippen LogP contribution in [0.3, 0.4) is 0 Å². The molecular formula is C19H19N3O. The Morgan fingerprint density at radius 3 is 2.78 bits per heavy atom. The van der Waals surface area contributed by atoms with Gasteiger partial charge < -0.3 is 9.88 Å². The molecule has 23 heavy (non-hydrogen) atoms. The third-order valence-electron chi connectivity index (χ3n) is 4.48. The van der Waals surface area contributed by atoms with Gasteiger partial charge in [-0.05, 0) is 49.2 Å². The number of aromatic amines is 1. The van der Waals surface area contributed by atoms with Crippen molar-refractivity contribution in [2.24, 2.45) is 0 Å². The zero-order valence-corrected chi connectivity index (χ0v) is 13.3. The Labute approximate surface area is 135 Å². The number of amides is 1. The summed E-state index contributed by atoms with van der Waals surface area (Å²) >= 11 is 0. The van der Waals surface area contributed by atoms with Gasteiger partial charge in [-0.2, -0.15) is 0 Å². The first kappa shape index (κ1) is 14.0. The number of H-pyrrole nitrogens is 1. The maximum Gasteiger partial charge on any atom is 0.227 e. The van der Waals surface area contributed by atoms with Crippen molar-refractivity contribution in [2.75, 3.05) is 11.4 Å². The molecule has 1 atom stereocenters. The highest BCUT2D eigenvalue weighted by Gasteiger charge is 2.33. The quantitative estimate of drug-likeness (QED) is 0.785. The fourth-order valence-corrected chi connectivity index (χ4v) is 3.27. The van der Waals surface area contributed by atoms with Crippen LogP contribution >= 0.6 is 0 Å². The van der Waals surface area contributed by atoms with Crippen LogP contribution in [0.4, 0.5) is 5.69 Å². The van der Waals surface area contributed by atoms with E-state index in [0.717, 1.165) is 28.1 Å². The molecule has 0 aliphatic carbocycles. The summed E-state index contributed by atoms with van der Waals surface area (Å²) in [5.74, 6) is 1.20. The molecule has 1 N–H and O–H groups in total. The highest BCUT2D eigenvalue weighted by Crippen LogP contribution is 2.31. The van der Waals surface area contributed by atoms with Crippen molar-refractivity contribution in [3.8, 4) is 0 Å². The molecule has 3 aromatic rings. The highest BCUT2D eigenvalue weighted by atomic mass is 16.2. The van der Waals surface area contributed by atoms with Gasteiger partial charge in [-0.25, -0.2) is 4.98 Å². The van der Waals surface area contributed by atoms with Crippen molar-refractivity contribution < 1.29 is 4.79 Å². The van der Waals surface area contributed by atoms with Gasteiger partial charge in [-0.1, -0.05) is 18.2 Å². The lowest BCUT2D eigenvalue weighted by Crippen LogP contribution is -2.24. The van der Waals surface area contributed by atoms with Gasteiger partial charge in [0.15, 0.2) is 0 Å². The van der Waals surface area contributed by atoms with E-state index in [4.69, 9.17) is 0 Å². The molecule has 1 aliphatic rings. The van der Waals surface area contributed by atoms with E-state index in [2.05, 4.69) is 35.1 Å². The van der Waals surface area contributed by atoms with Crippen molar-refractivity contribution in [1.82, 2.24) is 9.97 Å². The summed E-state index contributed by atoms with van der Waals surface area (Å²) in [7, 11) is 0. The molecule has 0 radical (unpaired) electrons. The number of imidazole rings is 1. The van der Waals surface area contributed by atoms with Gasteiger partial charge in [0, 0.05) is 24.6 Å². The van der Waals surface area contributed by atoms with Gasteiger partial charge in [0.1, 0.15) is 5.82 Å². The molecule has 4 rings (SSSR count). The zero-order chi connectivity index (χ0) is 16.0. The molecule has 0 bridgehead atoms. The minimum Gasteiger partial charge on any atom is -0.342 e. The standard InChI is InChI=1S/C19H19N3O/c1-12-4-3-5-15(8-12)22-11-14(10-18(22)23)19-20-16-7-6-13(2)9-17(16)21-19/h3-9,14H,10-11H2,1-2H3,(H,20,21)/t14-/m0/s1. The Bertz CT molecular complexity index is 897. The van der Waals surface area contributed by atoms with Crippen molar-refractivity contribution in [3.63, 3.8) is 0 Å². The summed E-state index contributed by atoms with van der Waals surface area (Å²) in [5.41, 5.74) is 5.35. The zero-order valence-electron chi connectivity index (χ0n) is 13.3. The molecule has 2 aromatic carbocycles. The fraction of sp³-hybridized carbons (Fsp3) is 0.263. The number of fused-ring (bicyclic) bond motifs is 1. The molecule has 4 heteroatoms. The summed E-state index contributed by atoms with van der Waals surface area (Å²) in [6.45, 7) is 4.79. The lowest BCUT2D eigenvalue weighted by molar-refractivity contribution is -0.117. The normalized spacial score (nSPS) is 18.1. The van der Waals surface area contributed by atoms with Gasteiger partial charge in [-0.3, -0.25) is 4.79 Å². The van der Waals surface area contributed by atoms with Crippen LogP contribution in [0.5, 0.6) is 0 Å². The summed E-state index contributed by atoms with van der Waals surface area (Å²) in [6, 6.07) is 14.3. The van der Waals surface area contributed by atoms with E-state index in [9.17, 15) is 4.79 Å². The molecular weight excluding hydrogens is 286 g/mol.